The van der Waals surface area contributed by atoms with E-state index >= 15 is 0 Å². The molecule has 1 N–H and O–H groups in total. The molecule has 5 heteroatoms. The standard InChI is InChI=1S/C14H17BrFN3/c1-9-6-11(19(3)18-9)8-14(17-2)10-4-5-12(15)13(16)7-10/h4-7,14,17H,8H2,1-3H3. The molecule has 102 valence electrons. The van der Waals surface area contributed by atoms with Gasteiger partial charge in [-0.25, -0.2) is 4.39 Å². The van der Waals surface area contributed by atoms with Crippen molar-refractivity contribution in [2.45, 2.75) is 19.4 Å². The van der Waals surface area contributed by atoms with Gasteiger partial charge in [0.05, 0.1) is 10.2 Å². The first-order valence-electron chi connectivity index (χ1n) is 6.13. The average molecular weight is 326 g/mol. The van der Waals surface area contributed by atoms with Crippen molar-refractivity contribution in [2.75, 3.05) is 7.05 Å². The molecule has 0 amide bonds. The van der Waals surface area contributed by atoms with Crippen molar-refractivity contribution in [2.24, 2.45) is 7.05 Å². The highest BCUT2D eigenvalue weighted by Gasteiger charge is 2.14. The molecule has 1 aromatic heterocycles. The monoisotopic (exact) mass is 325 g/mol. The largest absolute Gasteiger partial charge is 0.313 e. The van der Waals surface area contributed by atoms with Gasteiger partial charge in [0.2, 0.25) is 0 Å². The van der Waals surface area contributed by atoms with E-state index in [1.54, 1.807) is 12.1 Å². The molecule has 0 aliphatic carbocycles. The normalized spacial score (nSPS) is 12.7. The van der Waals surface area contributed by atoms with Gasteiger partial charge in [-0.1, -0.05) is 6.07 Å². The zero-order valence-electron chi connectivity index (χ0n) is 11.2. The lowest BCUT2D eigenvalue weighted by atomic mass is 10.0. The van der Waals surface area contributed by atoms with Gasteiger partial charge in [0.1, 0.15) is 5.82 Å². The highest BCUT2D eigenvalue weighted by Crippen LogP contribution is 2.23. The Kier molecular flexibility index (Phi) is 4.37. The average Bonchev–Trinajstić information content (AvgIpc) is 2.68. The van der Waals surface area contributed by atoms with E-state index in [2.05, 4.69) is 32.4 Å². The zero-order chi connectivity index (χ0) is 14.0. The predicted molar refractivity (Wildman–Crippen MR) is 77.5 cm³/mol. The number of halogens is 2. The van der Waals surface area contributed by atoms with Crippen molar-refractivity contribution in [1.29, 1.82) is 0 Å². The minimum Gasteiger partial charge on any atom is -0.313 e. The van der Waals surface area contributed by atoms with Crippen LogP contribution in [-0.2, 0) is 13.5 Å². The summed E-state index contributed by atoms with van der Waals surface area (Å²) < 4.78 is 16.0. The van der Waals surface area contributed by atoms with Crippen molar-refractivity contribution in [3.05, 3.63) is 51.5 Å². The quantitative estimate of drug-likeness (QED) is 0.935. The molecule has 2 rings (SSSR count). The van der Waals surface area contributed by atoms with Crippen LogP contribution in [0.15, 0.2) is 28.7 Å². The molecular formula is C14H17BrFN3. The van der Waals surface area contributed by atoms with Crippen LogP contribution in [0, 0.1) is 12.7 Å². The summed E-state index contributed by atoms with van der Waals surface area (Å²) in [5.41, 5.74) is 3.05. The smallest absolute Gasteiger partial charge is 0.137 e. The Morgan fingerprint density at radius 1 is 1.42 bits per heavy atom. The molecule has 0 aliphatic heterocycles. The van der Waals surface area contributed by atoms with Crippen molar-refractivity contribution in [1.82, 2.24) is 15.1 Å². The lowest BCUT2D eigenvalue weighted by molar-refractivity contribution is 0.552. The van der Waals surface area contributed by atoms with E-state index < -0.39 is 0 Å². The fourth-order valence-corrected chi connectivity index (χ4v) is 2.43. The summed E-state index contributed by atoms with van der Waals surface area (Å²) in [6.45, 7) is 1.97. The molecule has 3 nitrogen and oxygen atoms in total. The van der Waals surface area contributed by atoms with Gasteiger partial charge in [-0.3, -0.25) is 4.68 Å². The van der Waals surface area contributed by atoms with Gasteiger partial charge in [-0.15, -0.1) is 0 Å². The number of aromatic nitrogens is 2. The second-order valence-electron chi connectivity index (χ2n) is 4.62. The van der Waals surface area contributed by atoms with E-state index in [1.807, 2.05) is 31.8 Å². The second-order valence-corrected chi connectivity index (χ2v) is 5.47. The number of nitrogens with one attached hydrogen (secondary N) is 1. The molecule has 1 unspecified atom stereocenters. The summed E-state index contributed by atoms with van der Waals surface area (Å²) in [6.07, 6.45) is 0.773. The maximum absolute atomic E-state index is 13.6. The lowest BCUT2D eigenvalue weighted by Crippen LogP contribution is -2.20. The van der Waals surface area contributed by atoms with Crippen LogP contribution in [0.4, 0.5) is 4.39 Å². The third-order valence-corrected chi connectivity index (χ3v) is 3.85. The number of rotatable bonds is 4. The minimum atomic E-state index is -0.237. The van der Waals surface area contributed by atoms with Crippen LogP contribution in [0.3, 0.4) is 0 Å². The van der Waals surface area contributed by atoms with Gasteiger partial charge in [0.15, 0.2) is 0 Å². The number of nitrogens with zero attached hydrogens (tertiary/aromatic N) is 2. The Morgan fingerprint density at radius 2 is 2.16 bits per heavy atom. The van der Waals surface area contributed by atoms with Gasteiger partial charge in [0, 0.05) is 25.2 Å². The SMILES string of the molecule is CNC(Cc1cc(C)nn1C)c1ccc(Br)c(F)c1. The highest BCUT2D eigenvalue weighted by atomic mass is 79.9. The first-order valence-corrected chi connectivity index (χ1v) is 6.92. The van der Waals surface area contributed by atoms with Crippen LogP contribution in [0.25, 0.3) is 0 Å². The Bertz CT molecular complexity index is 580. The molecule has 0 radical (unpaired) electrons. The van der Waals surface area contributed by atoms with Crippen molar-refractivity contribution in [3.8, 4) is 0 Å². The van der Waals surface area contributed by atoms with Crippen molar-refractivity contribution < 1.29 is 4.39 Å². The topological polar surface area (TPSA) is 29.9 Å². The molecule has 0 saturated carbocycles. The van der Waals surface area contributed by atoms with Crippen molar-refractivity contribution in [3.63, 3.8) is 0 Å². The molecule has 1 atom stereocenters. The highest BCUT2D eigenvalue weighted by molar-refractivity contribution is 9.10. The van der Waals surface area contributed by atoms with Crippen LogP contribution >= 0.6 is 15.9 Å². The Hall–Kier alpha value is -1.20. The van der Waals surface area contributed by atoms with Crippen LogP contribution in [0.1, 0.15) is 23.0 Å². The van der Waals surface area contributed by atoms with Crippen LogP contribution in [0.2, 0.25) is 0 Å². The summed E-state index contributed by atoms with van der Waals surface area (Å²) in [4.78, 5) is 0. The fraction of sp³-hybridized carbons (Fsp3) is 0.357. The Labute approximate surface area is 121 Å². The summed E-state index contributed by atoms with van der Waals surface area (Å²) in [7, 11) is 3.81. The molecule has 1 heterocycles. The Balaban J connectivity index is 2.24. The molecular weight excluding hydrogens is 309 g/mol. The van der Waals surface area contributed by atoms with Crippen LogP contribution < -0.4 is 5.32 Å². The predicted octanol–water partition coefficient (Wildman–Crippen LogP) is 3.13. The molecule has 0 fully saturated rings. The van der Waals surface area contributed by atoms with Gasteiger partial charge < -0.3 is 5.32 Å². The maximum Gasteiger partial charge on any atom is 0.137 e. The van der Waals surface area contributed by atoms with E-state index in [9.17, 15) is 4.39 Å². The van der Waals surface area contributed by atoms with E-state index in [0.717, 1.165) is 23.4 Å². The lowest BCUT2D eigenvalue weighted by Gasteiger charge is -2.17. The summed E-state index contributed by atoms with van der Waals surface area (Å²) in [5, 5.41) is 7.56. The van der Waals surface area contributed by atoms with E-state index in [-0.39, 0.29) is 11.9 Å². The number of hydrogen-bond acceptors (Lipinski definition) is 2. The fourth-order valence-electron chi connectivity index (χ4n) is 2.18. The molecule has 0 saturated heterocycles. The zero-order valence-corrected chi connectivity index (χ0v) is 12.8. The Morgan fingerprint density at radius 3 is 2.68 bits per heavy atom. The number of hydrogen-bond donors (Lipinski definition) is 1. The molecule has 0 spiro atoms. The van der Waals surface area contributed by atoms with E-state index in [1.165, 1.54) is 0 Å². The molecule has 1 aromatic carbocycles. The molecule has 0 aliphatic rings. The van der Waals surface area contributed by atoms with Crippen LogP contribution in [-0.4, -0.2) is 16.8 Å². The summed E-state index contributed by atoms with van der Waals surface area (Å²) >= 11 is 3.17. The van der Waals surface area contributed by atoms with E-state index in [4.69, 9.17) is 0 Å². The third kappa shape index (κ3) is 3.22. The van der Waals surface area contributed by atoms with E-state index in [0.29, 0.717) is 4.47 Å². The second kappa shape index (κ2) is 5.84. The number of aryl methyl sites for hydroxylation is 2. The minimum absolute atomic E-state index is 0.0670. The van der Waals surface area contributed by atoms with Gasteiger partial charge >= 0.3 is 0 Å². The van der Waals surface area contributed by atoms with Crippen LogP contribution in [0.5, 0.6) is 0 Å². The van der Waals surface area contributed by atoms with Gasteiger partial charge in [0.25, 0.3) is 0 Å². The number of benzene rings is 1. The molecule has 2 aromatic rings. The van der Waals surface area contributed by atoms with Crippen molar-refractivity contribution >= 4 is 15.9 Å². The van der Waals surface area contributed by atoms with Gasteiger partial charge in [-0.2, -0.15) is 5.10 Å². The first-order chi connectivity index (χ1) is 9.01. The summed E-state index contributed by atoms with van der Waals surface area (Å²) in [6, 6.07) is 7.35. The van der Waals surface area contributed by atoms with Gasteiger partial charge in [-0.05, 0) is 53.7 Å². The molecule has 19 heavy (non-hydrogen) atoms. The summed E-state index contributed by atoms with van der Waals surface area (Å²) in [5.74, 6) is -0.237. The third-order valence-electron chi connectivity index (χ3n) is 3.21. The molecule has 0 bridgehead atoms. The first kappa shape index (κ1) is 14.2. The number of likely N-dealkylation sites (N-methyl/N-ethyl adjacent to an activating group) is 1. The maximum atomic E-state index is 13.6.